The fourth-order valence-corrected chi connectivity index (χ4v) is 9.80. The Morgan fingerprint density at radius 3 is 2.73 bits per heavy atom. The zero-order valence-electron chi connectivity index (χ0n) is 22.7. The van der Waals surface area contributed by atoms with Gasteiger partial charge < -0.3 is 9.84 Å². The molecule has 6 nitrogen and oxygen atoms in total. The van der Waals surface area contributed by atoms with Gasteiger partial charge in [0.15, 0.2) is 0 Å². The third kappa shape index (κ3) is 4.46. The Labute approximate surface area is 221 Å². The van der Waals surface area contributed by atoms with Crippen molar-refractivity contribution in [3.05, 3.63) is 23.9 Å². The van der Waals surface area contributed by atoms with Crippen molar-refractivity contribution in [2.45, 2.75) is 89.6 Å². The molecule has 0 unspecified atom stereocenters. The number of aromatic nitrogens is 1. The molecule has 37 heavy (non-hydrogen) atoms. The molecule has 1 saturated heterocycles. The van der Waals surface area contributed by atoms with Crippen LogP contribution in [0.15, 0.2) is 18.2 Å². The number of anilines is 1. The number of Topliss-reactive ketones (excluding diaryl/α,β-unsaturated/α-hetero) is 1. The highest BCUT2D eigenvalue weighted by Crippen LogP contribution is 2.64. The first-order chi connectivity index (χ1) is 17.8. The van der Waals surface area contributed by atoms with Crippen molar-refractivity contribution in [2.75, 3.05) is 25.2 Å². The highest BCUT2D eigenvalue weighted by Gasteiger charge is 2.59. The predicted octanol–water partition coefficient (Wildman–Crippen LogP) is 4.97. The van der Waals surface area contributed by atoms with E-state index in [9.17, 15) is 14.7 Å². The average molecular weight is 509 g/mol. The van der Waals surface area contributed by atoms with E-state index in [-0.39, 0.29) is 17.2 Å². The van der Waals surface area contributed by atoms with E-state index in [0.717, 1.165) is 68.5 Å². The summed E-state index contributed by atoms with van der Waals surface area (Å²) in [6.45, 7) is 3.60. The maximum atomic E-state index is 13.7. The van der Waals surface area contributed by atoms with Gasteiger partial charge in [-0.2, -0.15) is 0 Å². The molecule has 5 fully saturated rings. The number of fused-ring (bicyclic) bond motifs is 5. The smallest absolute Gasteiger partial charge is 0.228 e. The van der Waals surface area contributed by atoms with Crippen LogP contribution in [0.25, 0.3) is 0 Å². The molecule has 4 saturated carbocycles. The van der Waals surface area contributed by atoms with Crippen LogP contribution in [-0.2, 0) is 20.7 Å². The monoisotopic (exact) mass is 508 g/mol. The van der Waals surface area contributed by atoms with Crippen LogP contribution >= 0.6 is 0 Å². The molecule has 5 aliphatic rings. The second-order valence-corrected chi connectivity index (χ2v) is 13.3. The summed E-state index contributed by atoms with van der Waals surface area (Å²) in [5.74, 6) is 4.78. The van der Waals surface area contributed by atoms with Crippen molar-refractivity contribution in [1.29, 1.82) is 0 Å². The molecular formula is C31H44N2O4. The minimum Gasteiger partial charge on any atom is -0.387 e. The third-order valence-electron chi connectivity index (χ3n) is 11.4. The van der Waals surface area contributed by atoms with Gasteiger partial charge in [0.1, 0.15) is 11.6 Å². The summed E-state index contributed by atoms with van der Waals surface area (Å²) in [7, 11) is 1.70. The Bertz CT molecular complexity index is 1040. The molecule has 6 heteroatoms. The molecule has 0 bridgehead atoms. The summed E-state index contributed by atoms with van der Waals surface area (Å²) in [6, 6.07) is 5.78. The molecule has 1 aromatic rings. The topological polar surface area (TPSA) is 79.7 Å². The van der Waals surface area contributed by atoms with Gasteiger partial charge >= 0.3 is 0 Å². The van der Waals surface area contributed by atoms with Gasteiger partial charge in [-0.25, -0.2) is 4.98 Å². The number of methoxy groups -OCH3 is 1. The molecular weight excluding hydrogens is 464 g/mol. The lowest BCUT2D eigenvalue weighted by Gasteiger charge is -2.57. The van der Waals surface area contributed by atoms with Crippen LogP contribution in [0.5, 0.6) is 0 Å². The number of carbonyl (C=O) groups excluding carboxylic acids is 2. The van der Waals surface area contributed by atoms with Crippen LogP contribution in [-0.4, -0.2) is 47.6 Å². The fourth-order valence-electron chi connectivity index (χ4n) is 9.80. The molecule has 4 aliphatic carbocycles. The molecule has 1 N–H and O–H groups in total. The SMILES string of the molecule is COC[C@@]1(O)CC[C@H]2[C@H](CC[C@@H]3[C@@H]2CC[C@]2(C)[C@@H](C(=O)Cc4cccc(N5CCCC5=O)n4)CC[C@@H]32)C1. The Morgan fingerprint density at radius 2 is 1.95 bits per heavy atom. The Balaban J connectivity index is 1.13. The molecule has 202 valence electrons. The number of hydrogen-bond acceptors (Lipinski definition) is 5. The lowest BCUT2D eigenvalue weighted by Crippen LogP contribution is -2.52. The van der Waals surface area contributed by atoms with E-state index in [1.54, 1.807) is 12.0 Å². The summed E-state index contributed by atoms with van der Waals surface area (Å²) in [5, 5.41) is 11.0. The number of nitrogens with zero attached hydrogens (tertiary/aromatic N) is 2. The van der Waals surface area contributed by atoms with Crippen molar-refractivity contribution in [3.63, 3.8) is 0 Å². The summed E-state index contributed by atoms with van der Waals surface area (Å²) in [4.78, 5) is 32.4. The summed E-state index contributed by atoms with van der Waals surface area (Å²) in [5.41, 5.74) is 0.262. The van der Waals surface area contributed by atoms with Gasteiger partial charge in [-0.3, -0.25) is 14.5 Å². The zero-order chi connectivity index (χ0) is 25.8. The number of hydrogen-bond donors (Lipinski definition) is 1. The number of carbonyl (C=O) groups is 2. The fraction of sp³-hybridized carbons (Fsp3) is 0.774. The molecule has 1 aliphatic heterocycles. The average Bonchev–Trinajstić information content (AvgIpc) is 3.46. The molecule has 2 heterocycles. The quantitative estimate of drug-likeness (QED) is 0.587. The lowest BCUT2D eigenvalue weighted by molar-refractivity contribution is -0.135. The number of amides is 1. The molecule has 8 atom stereocenters. The first kappa shape index (κ1) is 25.5. The van der Waals surface area contributed by atoms with Crippen LogP contribution in [0.1, 0.15) is 83.2 Å². The molecule has 0 aromatic carbocycles. The summed E-state index contributed by atoms with van der Waals surface area (Å²) >= 11 is 0. The molecule has 0 spiro atoms. The predicted molar refractivity (Wildman–Crippen MR) is 142 cm³/mol. The van der Waals surface area contributed by atoms with Gasteiger partial charge in [0.25, 0.3) is 0 Å². The normalized spacial score (nSPS) is 41.3. The van der Waals surface area contributed by atoms with E-state index in [1.807, 2.05) is 18.2 Å². The molecule has 1 amide bonds. The van der Waals surface area contributed by atoms with E-state index in [0.29, 0.717) is 42.9 Å². The number of ketones is 1. The highest BCUT2D eigenvalue weighted by molar-refractivity contribution is 5.94. The van der Waals surface area contributed by atoms with E-state index in [4.69, 9.17) is 9.72 Å². The molecule has 1 aromatic heterocycles. The van der Waals surface area contributed by atoms with Crippen LogP contribution in [0, 0.1) is 40.9 Å². The maximum absolute atomic E-state index is 13.7. The van der Waals surface area contributed by atoms with Crippen molar-refractivity contribution in [2.24, 2.45) is 40.9 Å². The number of ether oxygens (including phenoxy) is 1. The second kappa shape index (κ2) is 9.75. The van der Waals surface area contributed by atoms with Crippen molar-refractivity contribution < 1.29 is 19.4 Å². The van der Waals surface area contributed by atoms with Gasteiger partial charge in [0.2, 0.25) is 5.91 Å². The van der Waals surface area contributed by atoms with Gasteiger partial charge in [0.05, 0.1) is 17.9 Å². The van der Waals surface area contributed by atoms with Crippen LogP contribution in [0.2, 0.25) is 0 Å². The van der Waals surface area contributed by atoms with Crippen molar-refractivity contribution >= 4 is 17.5 Å². The van der Waals surface area contributed by atoms with Crippen molar-refractivity contribution in [1.82, 2.24) is 4.98 Å². The van der Waals surface area contributed by atoms with Gasteiger partial charge in [-0.15, -0.1) is 0 Å². The third-order valence-corrected chi connectivity index (χ3v) is 11.4. The van der Waals surface area contributed by atoms with Gasteiger partial charge in [0, 0.05) is 32.4 Å². The minimum atomic E-state index is -0.635. The van der Waals surface area contributed by atoms with E-state index < -0.39 is 5.60 Å². The largest absolute Gasteiger partial charge is 0.387 e. The first-order valence-electron chi connectivity index (χ1n) is 14.8. The van der Waals surface area contributed by atoms with E-state index >= 15 is 0 Å². The lowest BCUT2D eigenvalue weighted by atomic mass is 9.49. The summed E-state index contributed by atoms with van der Waals surface area (Å²) in [6.07, 6.45) is 11.8. The Kier molecular flexibility index (Phi) is 6.72. The molecule has 6 rings (SSSR count). The highest BCUT2D eigenvalue weighted by atomic mass is 16.5. The van der Waals surface area contributed by atoms with E-state index in [2.05, 4.69) is 6.92 Å². The standard InChI is InChI=1S/C31H44N2O4/c1-30-14-12-23-22-13-15-31(36,19-37-2)18-20(22)8-9-24(23)25(30)10-11-26(30)27(34)17-21-5-3-6-28(32-21)33-16-4-7-29(33)35/h3,5-6,20,22-26,36H,4,7-19H2,1-2H3/t20-,22+,23-,24-,25+,26-,30+,31-/m1/s1. The van der Waals surface area contributed by atoms with Crippen molar-refractivity contribution in [3.8, 4) is 0 Å². The van der Waals surface area contributed by atoms with Crippen LogP contribution in [0.3, 0.4) is 0 Å². The van der Waals surface area contributed by atoms with Gasteiger partial charge in [-0.1, -0.05) is 13.0 Å². The Hall–Kier alpha value is -1.79. The van der Waals surface area contributed by atoms with Crippen LogP contribution in [0.4, 0.5) is 5.82 Å². The zero-order valence-corrected chi connectivity index (χ0v) is 22.7. The van der Waals surface area contributed by atoms with Gasteiger partial charge in [-0.05, 0) is 111 Å². The minimum absolute atomic E-state index is 0.0963. The second-order valence-electron chi connectivity index (χ2n) is 13.3. The van der Waals surface area contributed by atoms with E-state index in [1.165, 1.54) is 25.7 Å². The Morgan fingerprint density at radius 1 is 1.11 bits per heavy atom. The number of pyridine rings is 1. The first-order valence-corrected chi connectivity index (χ1v) is 14.8. The summed E-state index contributed by atoms with van der Waals surface area (Å²) < 4.78 is 5.35. The van der Waals surface area contributed by atoms with Crippen LogP contribution < -0.4 is 4.90 Å². The number of aliphatic hydroxyl groups is 1. The number of rotatable bonds is 6. The maximum Gasteiger partial charge on any atom is 0.228 e. The molecule has 0 radical (unpaired) electrons.